The summed E-state index contributed by atoms with van der Waals surface area (Å²) in [7, 11) is -3.69. The molecule has 33 heavy (non-hydrogen) atoms. The number of nitrogens with zero attached hydrogens (tertiary/aromatic N) is 2. The zero-order chi connectivity index (χ0) is 23.2. The lowest BCUT2D eigenvalue weighted by Crippen LogP contribution is -2.44. The minimum Gasteiger partial charge on any atom is -0.376 e. The summed E-state index contributed by atoms with van der Waals surface area (Å²) in [6.07, 6.45) is 5.57. The lowest BCUT2D eigenvalue weighted by Gasteiger charge is -2.34. The number of hydrogen-bond donors (Lipinski definition) is 0. The van der Waals surface area contributed by atoms with Crippen LogP contribution in [0, 0.1) is 0 Å². The van der Waals surface area contributed by atoms with Crippen molar-refractivity contribution < 1.29 is 17.9 Å². The van der Waals surface area contributed by atoms with Gasteiger partial charge in [-0.2, -0.15) is 4.31 Å². The quantitative estimate of drug-likeness (QED) is 0.573. The fourth-order valence-corrected chi connectivity index (χ4v) is 7.48. The Hall–Kier alpha value is -1.74. The summed E-state index contributed by atoms with van der Waals surface area (Å²) in [5, 5.41) is 0. The van der Waals surface area contributed by atoms with E-state index in [2.05, 4.69) is 22.0 Å². The van der Waals surface area contributed by atoms with Gasteiger partial charge in [-0.25, -0.2) is 8.42 Å². The predicted octanol–water partition coefficient (Wildman–Crippen LogP) is 4.72. The van der Waals surface area contributed by atoms with Crippen LogP contribution in [0.5, 0.6) is 0 Å². The van der Waals surface area contributed by atoms with E-state index < -0.39 is 10.0 Å². The molecule has 2 aliphatic heterocycles. The number of sulfonamides is 1. The number of anilines is 1. The summed E-state index contributed by atoms with van der Waals surface area (Å²) in [4.78, 5) is 15.7. The third-order valence-electron chi connectivity index (χ3n) is 7.26. The molecule has 0 N–H and O–H groups in total. The number of morpholine rings is 1. The zero-order valence-corrected chi connectivity index (χ0v) is 21.2. The number of amides is 1. The second kappa shape index (κ2) is 8.80. The summed E-state index contributed by atoms with van der Waals surface area (Å²) in [6, 6.07) is 12.6. The van der Waals surface area contributed by atoms with Gasteiger partial charge in [0.25, 0.3) is 5.91 Å². The monoisotopic (exact) mass is 532 g/mol. The van der Waals surface area contributed by atoms with E-state index in [1.54, 1.807) is 18.2 Å². The van der Waals surface area contributed by atoms with Gasteiger partial charge in [0.2, 0.25) is 10.0 Å². The molecule has 6 nitrogen and oxygen atoms in total. The SMILES string of the molecule is CC1CN(S(=O)(=O)c2cccc(C(=O)N3CC4(CCCCC4)c4cc(Br)ccc43)c2)CCO1. The first-order chi connectivity index (χ1) is 15.8. The van der Waals surface area contributed by atoms with Crippen molar-refractivity contribution in [2.75, 3.05) is 31.1 Å². The number of carbonyl (C=O) groups is 1. The lowest BCUT2D eigenvalue weighted by atomic mass is 9.71. The molecule has 3 aliphatic rings. The third kappa shape index (κ3) is 4.16. The Bertz CT molecular complexity index is 1180. The van der Waals surface area contributed by atoms with Crippen LogP contribution in [0.2, 0.25) is 0 Å². The molecule has 1 aliphatic carbocycles. The van der Waals surface area contributed by atoms with Crippen LogP contribution in [0.4, 0.5) is 5.69 Å². The zero-order valence-electron chi connectivity index (χ0n) is 18.8. The van der Waals surface area contributed by atoms with Gasteiger partial charge in [0.1, 0.15) is 0 Å². The van der Waals surface area contributed by atoms with Crippen molar-refractivity contribution in [1.82, 2.24) is 4.31 Å². The standard InChI is InChI=1S/C25H29BrN2O4S/c1-18-16-27(12-13-32-18)33(30,31)21-7-5-6-19(14-21)24(29)28-17-25(10-3-2-4-11-25)22-15-20(26)8-9-23(22)28/h5-9,14-15,18H,2-4,10-13,16-17H2,1H3. The highest BCUT2D eigenvalue weighted by molar-refractivity contribution is 9.10. The van der Waals surface area contributed by atoms with E-state index in [-0.39, 0.29) is 22.3 Å². The van der Waals surface area contributed by atoms with Crippen LogP contribution in [-0.2, 0) is 20.2 Å². The molecule has 0 radical (unpaired) electrons. The van der Waals surface area contributed by atoms with Crippen molar-refractivity contribution in [3.05, 3.63) is 58.1 Å². The largest absolute Gasteiger partial charge is 0.376 e. The van der Waals surface area contributed by atoms with Gasteiger partial charge in [-0.3, -0.25) is 4.79 Å². The first-order valence-corrected chi connectivity index (χ1v) is 13.9. The number of hydrogen-bond acceptors (Lipinski definition) is 4. The molecular weight excluding hydrogens is 504 g/mol. The van der Waals surface area contributed by atoms with E-state index in [4.69, 9.17) is 4.74 Å². The predicted molar refractivity (Wildman–Crippen MR) is 131 cm³/mol. The molecule has 2 fully saturated rings. The van der Waals surface area contributed by atoms with Crippen molar-refractivity contribution >= 4 is 37.5 Å². The highest BCUT2D eigenvalue weighted by Gasteiger charge is 2.45. The Labute approximate surface area is 204 Å². The van der Waals surface area contributed by atoms with Crippen molar-refractivity contribution in [3.63, 3.8) is 0 Å². The first kappa shape index (κ1) is 23.0. The van der Waals surface area contributed by atoms with Gasteiger partial charge in [-0.1, -0.05) is 41.3 Å². The van der Waals surface area contributed by atoms with Crippen LogP contribution >= 0.6 is 15.9 Å². The molecule has 1 saturated heterocycles. The number of rotatable bonds is 3. The molecule has 1 amide bonds. The van der Waals surface area contributed by atoms with Crippen molar-refractivity contribution in [2.24, 2.45) is 0 Å². The van der Waals surface area contributed by atoms with Gasteiger partial charge in [-0.05, 0) is 61.7 Å². The van der Waals surface area contributed by atoms with E-state index in [0.717, 1.165) is 23.0 Å². The van der Waals surface area contributed by atoms with Gasteiger partial charge in [0.05, 0.1) is 17.6 Å². The minimum absolute atomic E-state index is 0.0132. The third-order valence-corrected chi connectivity index (χ3v) is 9.61. The average Bonchev–Trinajstić information content (AvgIpc) is 3.12. The Morgan fingerprint density at radius 1 is 1.12 bits per heavy atom. The molecule has 1 spiro atoms. The second-order valence-corrected chi connectivity index (χ2v) is 12.3. The van der Waals surface area contributed by atoms with Crippen LogP contribution in [0.1, 0.15) is 54.9 Å². The molecule has 5 rings (SSSR count). The van der Waals surface area contributed by atoms with E-state index in [1.807, 2.05) is 24.0 Å². The smallest absolute Gasteiger partial charge is 0.258 e. The molecule has 1 atom stereocenters. The Kier molecular flexibility index (Phi) is 6.14. The number of fused-ring (bicyclic) bond motifs is 2. The van der Waals surface area contributed by atoms with Gasteiger partial charge in [0.15, 0.2) is 0 Å². The van der Waals surface area contributed by atoms with E-state index in [0.29, 0.717) is 31.8 Å². The summed E-state index contributed by atoms with van der Waals surface area (Å²) in [6.45, 7) is 3.53. The molecule has 2 aromatic rings. The molecular formula is C25H29BrN2O4S. The number of benzene rings is 2. The molecule has 8 heteroatoms. The Morgan fingerprint density at radius 3 is 2.67 bits per heavy atom. The van der Waals surface area contributed by atoms with E-state index in [1.165, 1.54) is 35.2 Å². The fraction of sp³-hybridized carbons (Fsp3) is 0.480. The maximum absolute atomic E-state index is 13.7. The van der Waals surface area contributed by atoms with Gasteiger partial charge < -0.3 is 9.64 Å². The highest BCUT2D eigenvalue weighted by atomic mass is 79.9. The van der Waals surface area contributed by atoms with Crippen LogP contribution < -0.4 is 4.90 Å². The maximum Gasteiger partial charge on any atom is 0.258 e. The average molecular weight is 533 g/mol. The van der Waals surface area contributed by atoms with Crippen molar-refractivity contribution in [2.45, 2.75) is 55.4 Å². The first-order valence-electron chi connectivity index (χ1n) is 11.6. The molecule has 2 heterocycles. The lowest BCUT2D eigenvalue weighted by molar-refractivity contribution is 0.0102. The van der Waals surface area contributed by atoms with Gasteiger partial charge >= 0.3 is 0 Å². The summed E-state index contributed by atoms with van der Waals surface area (Å²) in [5.74, 6) is -0.145. The number of carbonyl (C=O) groups excluding carboxylic acids is 1. The normalized spacial score (nSPS) is 23.0. The van der Waals surface area contributed by atoms with Crippen molar-refractivity contribution in [3.8, 4) is 0 Å². The van der Waals surface area contributed by atoms with Gasteiger partial charge in [-0.15, -0.1) is 0 Å². The molecule has 176 valence electrons. The topological polar surface area (TPSA) is 66.9 Å². The van der Waals surface area contributed by atoms with E-state index >= 15 is 0 Å². The van der Waals surface area contributed by atoms with Crippen LogP contribution in [0.25, 0.3) is 0 Å². The fourth-order valence-electron chi connectivity index (χ4n) is 5.58. The van der Waals surface area contributed by atoms with E-state index in [9.17, 15) is 13.2 Å². The highest BCUT2D eigenvalue weighted by Crippen LogP contribution is 2.50. The van der Waals surface area contributed by atoms with Crippen LogP contribution in [0.15, 0.2) is 51.8 Å². The Morgan fingerprint density at radius 2 is 1.91 bits per heavy atom. The molecule has 0 aromatic heterocycles. The Balaban J connectivity index is 1.47. The van der Waals surface area contributed by atoms with Crippen LogP contribution in [-0.4, -0.2) is 51.0 Å². The molecule has 1 saturated carbocycles. The molecule has 0 bridgehead atoms. The number of ether oxygens (including phenoxy) is 1. The summed E-state index contributed by atoms with van der Waals surface area (Å²) >= 11 is 3.61. The summed E-state index contributed by atoms with van der Waals surface area (Å²) in [5.41, 5.74) is 2.57. The minimum atomic E-state index is -3.69. The second-order valence-electron chi connectivity index (χ2n) is 9.47. The van der Waals surface area contributed by atoms with Crippen molar-refractivity contribution in [1.29, 1.82) is 0 Å². The molecule has 2 aromatic carbocycles. The van der Waals surface area contributed by atoms with Crippen LogP contribution in [0.3, 0.4) is 0 Å². The van der Waals surface area contributed by atoms with Gasteiger partial charge in [0, 0.05) is 40.8 Å². The maximum atomic E-state index is 13.7. The molecule has 1 unspecified atom stereocenters. The summed E-state index contributed by atoms with van der Waals surface area (Å²) < 4.78 is 34.5. The number of halogens is 1.